The number of benzene rings is 1. The molecule has 0 aliphatic rings. The third kappa shape index (κ3) is 3.47. The first-order valence-electron chi connectivity index (χ1n) is 5.85. The summed E-state index contributed by atoms with van der Waals surface area (Å²) in [6.45, 7) is 0. The fraction of sp³-hybridized carbons (Fsp3) is 0.0714. The summed E-state index contributed by atoms with van der Waals surface area (Å²) in [6.07, 6.45) is 1.27. The zero-order valence-corrected chi connectivity index (χ0v) is 11.1. The van der Waals surface area contributed by atoms with Crippen LogP contribution in [-0.4, -0.2) is 29.1 Å². The number of nitrogens with two attached hydrogens (primary N) is 1. The van der Waals surface area contributed by atoms with E-state index in [2.05, 4.69) is 4.98 Å². The summed E-state index contributed by atoms with van der Waals surface area (Å²) in [5.41, 5.74) is 5.37. The number of nitrogens with zero attached hydrogens (tertiary/aromatic N) is 1. The molecule has 0 saturated heterocycles. The Balaban J connectivity index is 2.28. The van der Waals surface area contributed by atoms with Crippen molar-refractivity contribution in [2.24, 2.45) is 5.73 Å². The lowest BCUT2D eigenvalue weighted by Gasteiger charge is -2.09. The summed E-state index contributed by atoms with van der Waals surface area (Å²) in [5, 5.41) is 8.76. The number of carbonyl (C=O) groups excluding carboxylic acids is 1. The summed E-state index contributed by atoms with van der Waals surface area (Å²) in [6, 6.07) is 7.28. The second-order valence-corrected chi connectivity index (χ2v) is 4.05. The van der Waals surface area contributed by atoms with Gasteiger partial charge in [-0.1, -0.05) is 0 Å². The average molecular weight is 288 g/mol. The minimum absolute atomic E-state index is 0.0918. The normalized spacial score (nSPS) is 9.95. The smallest absolute Gasteiger partial charge is 0.354 e. The van der Waals surface area contributed by atoms with E-state index in [4.69, 9.17) is 20.3 Å². The molecule has 0 saturated carbocycles. The number of pyridine rings is 1. The summed E-state index contributed by atoms with van der Waals surface area (Å²) in [4.78, 5) is 25.7. The zero-order chi connectivity index (χ0) is 15.4. The van der Waals surface area contributed by atoms with Crippen LogP contribution in [0.3, 0.4) is 0 Å². The number of carboxylic acids is 1. The molecule has 1 heterocycles. The second kappa shape index (κ2) is 5.91. The van der Waals surface area contributed by atoms with E-state index < -0.39 is 11.9 Å². The molecule has 2 rings (SSSR count). The predicted molar refractivity (Wildman–Crippen MR) is 72.8 cm³/mol. The highest BCUT2D eigenvalue weighted by Gasteiger charge is 2.09. The fourth-order valence-electron chi connectivity index (χ4n) is 1.59. The summed E-state index contributed by atoms with van der Waals surface area (Å²) in [5.74, 6) is -0.676. The van der Waals surface area contributed by atoms with E-state index in [1.807, 2.05) is 0 Å². The van der Waals surface area contributed by atoms with Gasteiger partial charge >= 0.3 is 5.97 Å². The van der Waals surface area contributed by atoms with Crippen molar-refractivity contribution in [3.05, 3.63) is 47.8 Å². The molecule has 7 heteroatoms. The number of methoxy groups -OCH3 is 1. The molecule has 0 aliphatic heterocycles. The van der Waals surface area contributed by atoms with Crippen LogP contribution in [0, 0.1) is 0 Å². The van der Waals surface area contributed by atoms with Gasteiger partial charge in [0.15, 0.2) is 0 Å². The number of hydrogen-bond donors (Lipinski definition) is 2. The Labute approximate surface area is 119 Å². The van der Waals surface area contributed by atoms with Gasteiger partial charge in [-0.2, -0.15) is 0 Å². The van der Waals surface area contributed by atoms with Crippen LogP contribution in [0.5, 0.6) is 17.2 Å². The van der Waals surface area contributed by atoms with Gasteiger partial charge in [-0.05, 0) is 24.3 Å². The lowest BCUT2D eigenvalue weighted by atomic mass is 10.2. The van der Waals surface area contributed by atoms with E-state index in [0.717, 1.165) is 0 Å². The molecule has 7 nitrogen and oxygen atoms in total. The Morgan fingerprint density at radius 1 is 1.14 bits per heavy atom. The van der Waals surface area contributed by atoms with E-state index in [9.17, 15) is 9.59 Å². The van der Waals surface area contributed by atoms with E-state index in [0.29, 0.717) is 17.2 Å². The van der Waals surface area contributed by atoms with Gasteiger partial charge in [0.1, 0.15) is 22.9 Å². The van der Waals surface area contributed by atoms with Gasteiger partial charge in [0.2, 0.25) is 5.91 Å². The maximum Gasteiger partial charge on any atom is 0.354 e. The van der Waals surface area contributed by atoms with Crippen LogP contribution < -0.4 is 15.2 Å². The average Bonchev–Trinajstić information content (AvgIpc) is 2.47. The molecule has 0 unspecified atom stereocenters. The van der Waals surface area contributed by atoms with Crippen LogP contribution in [0.4, 0.5) is 0 Å². The molecule has 0 atom stereocenters. The van der Waals surface area contributed by atoms with Crippen molar-refractivity contribution >= 4 is 11.9 Å². The maximum atomic E-state index is 11.2. The molecule has 0 bridgehead atoms. The zero-order valence-electron chi connectivity index (χ0n) is 11.1. The standard InChI is InChI=1S/C14H12N2O5/c1-20-10-4-8(13(15)17)5-11(6-10)21-9-2-3-12(14(18)19)16-7-9/h2-7H,1H3,(H2,15,17)(H,18,19). The van der Waals surface area contributed by atoms with Crippen molar-refractivity contribution in [1.82, 2.24) is 4.98 Å². The van der Waals surface area contributed by atoms with Crippen molar-refractivity contribution in [2.45, 2.75) is 0 Å². The largest absolute Gasteiger partial charge is 0.497 e. The summed E-state index contributed by atoms with van der Waals surface area (Å²) >= 11 is 0. The van der Waals surface area contributed by atoms with Crippen LogP contribution in [0.2, 0.25) is 0 Å². The topological polar surface area (TPSA) is 112 Å². The summed E-state index contributed by atoms with van der Waals surface area (Å²) in [7, 11) is 1.45. The predicted octanol–water partition coefficient (Wildman–Crippen LogP) is 1.68. The third-order valence-corrected chi connectivity index (χ3v) is 2.59. The van der Waals surface area contributed by atoms with Crippen LogP contribution in [-0.2, 0) is 0 Å². The van der Waals surface area contributed by atoms with Crippen molar-refractivity contribution in [3.8, 4) is 17.2 Å². The van der Waals surface area contributed by atoms with Gasteiger partial charge in [0, 0.05) is 11.6 Å². The number of hydrogen-bond acceptors (Lipinski definition) is 5. The number of amides is 1. The first kappa shape index (κ1) is 14.3. The van der Waals surface area contributed by atoms with E-state index in [-0.39, 0.29) is 11.3 Å². The Morgan fingerprint density at radius 3 is 2.38 bits per heavy atom. The second-order valence-electron chi connectivity index (χ2n) is 4.05. The highest BCUT2D eigenvalue weighted by Crippen LogP contribution is 2.27. The van der Waals surface area contributed by atoms with Crippen LogP contribution in [0.25, 0.3) is 0 Å². The molecule has 1 amide bonds. The first-order valence-corrected chi connectivity index (χ1v) is 5.85. The molecule has 0 radical (unpaired) electrons. The number of primary amides is 1. The SMILES string of the molecule is COc1cc(Oc2ccc(C(=O)O)nc2)cc(C(N)=O)c1. The Hall–Kier alpha value is -3.09. The quantitative estimate of drug-likeness (QED) is 0.865. The van der Waals surface area contributed by atoms with Gasteiger partial charge in [-0.15, -0.1) is 0 Å². The summed E-state index contributed by atoms with van der Waals surface area (Å²) < 4.78 is 10.6. The Kier molecular flexibility index (Phi) is 4.03. The van der Waals surface area contributed by atoms with Crippen LogP contribution in [0.15, 0.2) is 36.5 Å². The van der Waals surface area contributed by atoms with Crippen LogP contribution >= 0.6 is 0 Å². The Bertz CT molecular complexity index is 682. The minimum Gasteiger partial charge on any atom is -0.497 e. The number of aromatic nitrogens is 1. The molecule has 21 heavy (non-hydrogen) atoms. The minimum atomic E-state index is -1.13. The van der Waals surface area contributed by atoms with Crippen molar-refractivity contribution in [1.29, 1.82) is 0 Å². The lowest BCUT2D eigenvalue weighted by Crippen LogP contribution is -2.11. The van der Waals surface area contributed by atoms with E-state index in [1.54, 1.807) is 6.07 Å². The van der Waals surface area contributed by atoms with Gasteiger partial charge in [-0.25, -0.2) is 9.78 Å². The van der Waals surface area contributed by atoms with Crippen LogP contribution in [0.1, 0.15) is 20.8 Å². The van der Waals surface area contributed by atoms with Crippen molar-refractivity contribution in [2.75, 3.05) is 7.11 Å². The fourth-order valence-corrected chi connectivity index (χ4v) is 1.59. The molecule has 0 aliphatic carbocycles. The highest BCUT2D eigenvalue weighted by atomic mass is 16.5. The lowest BCUT2D eigenvalue weighted by molar-refractivity contribution is 0.0690. The third-order valence-electron chi connectivity index (χ3n) is 2.59. The van der Waals surface area contributed by atoms with Gasteiger partial charge in [0.05, 0.1) is 13.3 Å². The van der Waals surface area contributed by atoms with E-state index in [1.165, 1.54) is 37.6 Å². The number of carboxylic acid groups (broad SMARTS) is 1. The van der Waals surface area contributed by atoms with E-state index >= 15 is 0 Å². The Morgan fingerprint density at radius 2 is 1.86 bits per heavy atom. The van der Waals surface area contributed by atoms with Crippen molar-refractivity contribution < 1.29 is 24.2 Å². The number of carbonyl (C=O) groups is 2. The molecule has 2 aromatic rings. The number of aromatic carboxylic acids is 1. The maximum absolute atomic E-state index is 11.2. The molecular formula is C14H12N2O5. The number of ether oxygens (including phenoxy) is 2. The number of rotatable bonds is 5. The molecule has 0 spiro atoms. The molecule has 3 N–H and O–H groups in total. The van der Waals surface area contributed by atoms with Crippen molar-refractivity contribution in [3.63, 3.8) is 0 Å². The highest BCUT2D eigenvalue weighted by molar-refractivity contribution is 5.93. The monoisotopic (exact) mass is 288 g/mol. The van der Waals surface area contributed by atoms with Gasteiger partial charge < -0.3 is 20.3 Å². The molecular weight excluding hydrogens is 276 g/mol. The molecule has 0 fully saturated rings. The first-order chi connectivity index (χ1) is 9.99. The van der Waals surface area contributed by atoms with Gasteiger partial charge in [-0.3, -0.25) is 4.79 Å². The molecule has 1 aromatic heterocycles. The molecule has 1 aromatic carbocycles. The molecule has 108 valence electrons. The van der Waals surface area contributed by atoms with Gasteiger partial charge in [0.25, 0.3) is 0 Å².